The van der Waals surface area contributed by atoms with Crippen molar-refractivity contribution in [3.05, 3.63) is 70.8 Å². The van der Waals surface area contributed by atoms with Crippen LogP contribution in [-0.2, 0) is 30.9 Å². The second kappa shape index (κ2) is 10.8. The van der Waals surface area contributed by atoms with E-state index in [1.807, 2.05) is 0 Å². The molecule has 0 saturated carbocycles. The highest BCUT2D eigenvalue weighted by Gasteiger charge is 2.42. The van der Waals surface area contributed by atoms with Gasteiger partial charge < -0.3 is 14.4 Å². The number of piperidine rings is 1. The summed E-state index contributed by atoms with van der Waals surface area (Å²) in [7, 11) is -2.54. The van der Waals surface area contributed by atoms with Crippen molar-refractivity contribution in [1.82, 2.24) is 9.21 Å². The Morgan fingerprint density at radius 1 is 1.05 bits per heavy atom. The number of likely N-dealkylation sites (tertiary alicyclic amines) is 1. The van der Waals surface area contributed by atoms with Crippen LogP contribution in [-0.4, -0.2) is 62.2 Å². The normalized spacial score (nSPS) is 19.2. The number of carbonyl (C=O) groups is 3. The summed E-state index contributed by atoms with van der Waals surface area (Å²) >= 11 is 0. The molecular weight excluding hydrogens is 496 g/mol. The largest absolute Gasteiger partial charge is 0.497 e. The number of hydrogen-bond acceptors (Lipinski definition) is 7. The van der Waals surface area contributed by atoms with Gasteiger partial charge in [0, 0.05) is 24.2 Å². The molecule has 1 atom stereocenters. The average Bonchev–Trinajstić information content (AvgIpc) is 3.07. The van der Waals surface area contributed by atoms with E-state index < -0.39 is 15.9 Å². The van der Waals surface area contributed by atoms with Gasteiger partial charge in [0.1, 0.15) is 10.7 Å². The molecule has 2 amide bonds. The zero-order valence-electron chi connectivity index (χ0n) is 21.1. The molecule has 0 unspecified atom stereocenters. The van der Waals surface area contributed by atoms with E-state index in [0.29, 0.717) is 55.0 Å². The quantitative estimate of drug-likeness (QED) is 0.510. The minimum Gasteiger partial charge on any atom is -0.497 e. The van der Waals surface area contributed by atoms with Crippen LogP contribution in [0.15, 0.2) is 54.1 Å². The number of methoxy groups -OCH3 is 1. The second-order valence-electron chi connectivity index (χ2n) is 9.04. The number of amides is 2. The van der Waals surface area contributed by atoms with Crippen LogP contribution >= 0.6 is 0 Å². The molecule has 10 heteroatoms. The van der Waals surface area contributed by atoms with Crippen molar-refractivity contribution in [3.63, 3.8) is 0 Å². The average molecular weight is 527 g/mol. The highest BCUT2D eigenvalue weighted by atomic mass is 32.2. The molecule has 2 aliphatic rings. The maximum Gasteiger partial charge on any atom is 0.310 e. The topological polar surface area (TPSA) is 110 Å². The number of rotatable bonds is 7. The van der Waals surface area contributed by atoms with Gasteiger partial charge >= 0.3 is 5.97 Å². The molecule has 2 aromatic rings. The van der Waals surface area contributed by atoms with Crippen molar-refractivity contribution in [2.45, 2.75) is 33.2 Å². The third kappa shape index (κ3) is 5.24. The lowest BCUT2D eigenvalue weighted by atomic mass is 9.97. The molecule has 0 N–H and O–H groups in total. The Bertz CT molecular complexity index is 1330. The van der Waals surface area contributed by atoms with Gasteiger partial charge in [-0.1, -0.05) is 12.1 Å². The second-order valence-corrected chi connectivity index (χ2v) is 10.8. The van der Waals surface area contributed by atoms with Gasteiger partial charge in [-0.3, -0.25) is 14.4 Å². The Kier molecular flexibility index (Phi) is 7.68. The maximum atomic E-state index is 13.3. The summed E-state index contributed by atoms with van der Waals surface area (Å²) in [6.07, 6.45) is 1.40. The fourth-order valence-corrected chi connectivity index (χ4v) is 6.48. The van der Waals surface area contributed by atoms with Gasteiger partial charge in [-0.05, 0) is 74.2 Å². The molecule has 1 fully saturated rings. The van der Waals surface area contributed by atoms with Crippen molar-refractivity contribution < 1.29 is 32.3 Å². The molecule has 2 aliphatic heterocycles. The molecule has 0 radical (unpaired) electrons. The molecule has 0 aliphatic carbocycles. The molecule has 0 aromatic heterocycles. The number of esters is 1. The number of ether oxygens (including phenoxy) is 2. The molecule has 9 nitrogen and oxygen atoms in total. The van der Waals surface area contributed by atoms with Crippen LogP contribution < -0.4 is 4.74 Å². The number of sulfonamides is 1. The van der Waals surface area contributed by atoms with E-state index >= 15 is 0 Å². The zero-order chi connectivity index (χ0) is 26.7. The molecular formula is C27H30N2O7S. The summed E-state index contributed by atoms with van der Waals surface area (Å²) in [4.78, 5) is 39.7. The van der Waals surface area contributed by atoms with E-state index in [1.54, 1.807) is 60.4 Å². The van der Waals surface area contributed by atoms with Crippen molar-refractivity contribution in [2.24, 2.45) is 5.92 Å². The molecule has 2 heterocycles. The van der Waals surface area contributed by atoms with Crippen LogP contribution in [0, 0.1) is 5.92 Å². The summed E-state index contributed by atoms with van der Waals surface area (Å²) in [5.74, 6) is -0.825. The number of nitrogens with zero attached hydrogens (tertiary/aromatic N) is 2. The summed E-state index contributed by atoms with van der Waals surface area (Å²) in [6.45, 7) is 4.26. The van der Waals surface area contributed by atoms with E-state index in [-0.39, 0.29) is 34.8 Å². The molecule has 37 heavy (non-hydrogen) atoms. The Hall–Kier alpha value is -3.66. The van der Waals surface area contributed by atoms with Crippen molar-refractivity contribution in [2.75, 3.05) is 26.8 Å². The number of hydrogen-bond donors (Lipinski definition) is 0. The minimum atomic E-state index is -4.06. The molecule has 4 rings (SSSR count). The van der Waals surface area contributed by atoms with Crippen molar-refractivity contribution >= 4 is 32.7 Å². The third-order valence-corrected chi connectivity index (χ3v) is 8.58. The predicted octanol–water partition coefficient (Wildman–Crippen LogP) is 3.21. The first-order valence-corrected chi connectivity index (χ1v) is 13.6. The first-order chi connectivity index (χ1) is 17.7. The van der Waals surface area contributed by atoms with Crippen LogP contribution in [0.5, 0.6) is 5.75 Å². The minimum absolute atomic E-state index is 0.0202. The highest BCUT2D eigenvalue weighted by molar-refractivity contribution is 7.99. The summed E-state index contributed by atoms with van der Waals surface area (Å²) in [5.41, 5.74) is 1.56. The molecule has 1 saturated heterocycles. The van der Waals surface area contributed by atoms with Crippen LogP contribution in [0.3, 0.4) is 0 Å². The summed E-state index contributed by atoms with van der Waals surface area (Å²) in [5, 5.41) is 0. The van der Waals surface area contributed by atoms with E-state index in [9.17, 15) is 22.8 Å². The molecule has 196 valence electrons. The Labute approximate surface area is 216 Å². The first kappa shape index (κ1) is 26.4. The molecule has 2 aromatic carbocycles. The van der Waals surface area contributed by atoms with Gasteiger partial charge in [0.15, 0.2) is 0 Å². The maximum absolute atomic E-state index is 13.3. The monoisotopic (exact) mass is 526 g/mol. The van der Waals surface area contributed by atoms with Crippen LogP contribution in [0.25, 0.3) is 4.91 Å². The van der Waals surface area contributed by atoms with Crippen molar-refractivity contribution in [3.8, 4) is 5.75 Å². The fourth-order valence-electron chi connectivity index (χ4n) is 4.68. The van der Waals surface area contributed by atoms with Crippen molar-refractivity contribution in [1.29, 1.82) is 0 Å². The predicted molar refractivity (Wildman–Crippen MR) is 137 cm³/mol. The summed E-state index contributed by atoms with van der Waals surface area (Å²) < 4.78 is 37.7. The van der Waals surface area contributed by atoms with Gasteiger partial charge in [0.05, 0.1) is 26.2 Å². The van der Waals surface area contributed by atoms with Gasteiger partial charge in [0.2, 0.25) is 0 Å². The standard InChI is InChI=1S/C27H30N2O7S/c1-4-36-27(32)22-6-5-15-28(17-22)26(31)21-9-7-19(8-10-21)16-29-25(30)18(2)24(37(29,33)34)20-11-13-23(35-3)14-12-20/h7-14,22H,4-6,15-17H2,1-3H3/t22-/m0/s1. The van der Waals surface area contributed by atoms with Gasteiger partial charge in [-0.25, -0.2) is 12.7 Å². The smallest absolute Gasteiger partial charge is 0.310 e. The molecule has 0 spiro atoms. The Morgan fingerprint density at radius 3 is 2.35 bits per heavy atom. The number of carbonyl (C=O) groups excluding carboxylic acids is 3. The van der Waals surface area contributed by atoms with E-state index in [4.69, 9.17) is 9.47 Å². The van der Waals surface area contributed by atoms with Crippen LogP contribution in [0.2, 0.25) is 0 Å². The van der Waals surface area contributed by atoms with Crippen LogP contribution in [0.1, 0.15) is 48.2 Å². The van der Waals surface area contributed by atoms with Gasteiger partial charge in [-0.2, -0.15) is 0 Å². The van der Waals surface area contributed by atoms with E-state index in [2.05, 4.69) is 0 Å². The lowest BCUT2D eigenvalue weighted by Gasteiger charge is -2.31. The third-order valence-electron chi connectivity index (χ3n) is 6.64. The van der Waals surface area contributed by atoms with Crippen LogP contribution in [0.4, 0.5) is 0 Å². The highest BCUT2D eigenvalue weighted by Crippen LogP contribution is 2.37. The fraction of sp³-hybridized carbons (Fsp3) is 0.370. The summed E-state index contributed by atoms with van der Waals surface area (Å²) in [6, 6.07) is 13.0. The van der Waals surface area contributed by atoms with E-state index in [1.165, 1.54) is 14.0 Å². The lowest BCUT2D eigenvalue weighted by molar-refractivity contribution is -0.149. The lowest BCUT2D eigenvalue weighted by Crippen LogP contribution is -2.42. The molecule has 0 bridgehead atoms. The van der Waals surface area contributed by atoms with Gasteiger partial charge in [0.25, 0.3) is 21.8 Å². The number of benzene rings is 2. The van der Waals surface area contributed by atoms with E-state index in [0.717, 1.165) is 4.31 Å². The zero-order valence-corrected chi connectivity index (χ0v) is 21.9. The first-order valence-electron chi connectivity index (χ1n) is 12.1. The Balaban J connectivity index is 1.47. The van der Waals surface area contributed by atoms with Gasteiger partial charge in [-0.15, -0.1) is 0 Å². The SMILES string of the molecule is CCOC(=O)[C@H]1CCCN(C(=O)c2ccc(CN3C(=O)C(C)=C(c4ccc(OC)cc4)S3(=O)=O)cc2)C1. The Morgan fingerprint density at radius 2 is 1.73 bits per heavy atom.